The molecule has 0 atom stereocenters. The number of unbranched alkanes of at least 4 members (excludes halogenated alkanes) is 1. The smallest absolute Gasteiger partial charge is 0.00994 e. The SMILES string of the molecule is CCCCC1=C(CCC)C(CCC)=C(C)C1. The first-order chi connectivity index (χ1) is 7.74. The first kappa shape index (κ1) is 13.5. The van der Waals surface area contributed by atoms with Gasteiger partial charge in [0, 0.05) is 0 Å². The van der Waals surface area contributed by atoms with E-state index in [1.165, 1.54) is 51.4 Å². The summed E-state index contributed by atoms with van der Waals surface area (Å²) in [6, 6.07) is 0. The Bertz CT molecular complexity index is 278. The Labute approximate surface area is 102 Å². The third kappa shape index (κ3) is 3.23. The van der Waals surface area contributed by atoms with Gasteiger partial charge in [0.1, 0.15) is 0 Å². The van der Waals surface area contributed by atoms with E-state index in [-0.39, 0.29) is 0 Å². The van der Waals surface area contributed by atoms with Crippen molar-refractivity contribution in [2.75, 3.05) is 0 Å². The monoisotopic (exact) mass is 220 g/mol. The molecule has 0 aromatic carbocycles. The van der Waals surface area contributed by atoms with Crippen LogP contribution < -0.4 is 0 Å². The van der Waals surface area contributed by atoms with Crippen molar-refractivity contribution in [1.29, 1.82) is 0 Å². The van der Waals surface area contributed by atoms with Crippen LogP contribution >= 0.6 is 0 Å². The highest BCUT2D eigenvalue weighted by atomic mass is 14.2. The van der Waals surface area contributed by atoms with Gasteiger partial charge in [0.2, 0.25) is 0 Å². The summed E-state index contributed by atoms with van der Waals surface area (Å²) in [4.78, 5) is 0. The number of hydrogen-bond donors (Lipinski definition) is 0. The molecule has 16 heavy (non-hydrogen) atoms. The second kappa shape index (κ2) is 6.93. The van der Waals surface area contributed by atoms with Gasteiger partial charge in [0.25, 0.3) is 0 Å². The average Bonchev–Trinajstić information content (AvgIpc) is 2.55. The third-order valence-electron chi connectivity index (χ3n) is 3.62. The molecule has 0 spiro atoms. The van der Waals surface area contributed by atoms with Crippen molar-refractivity contribution >= 4 is 0 Å². The molecule has 1 aliphatic carbocycles. The first-order valence-corrected chi connectivity index (χ1v) is 7.14. The van der Waals surface area contributed by atoms with Gasteiger partial charge in [0.05, 0.1) is 0 Å². The minimum Gasteiger partial charge on any atom is -0.0658 e. The van der Waals surface area contributed by atoms with Crippen LogP contribution in [0.15, 0.2) is 22.3 Å². The number of hydrogen-bond acceptors (Lipinski definition) is 0. The minimum atomic E-state index is 1.28. The van der Waals surface area contributed by atoms with E-state index in [4.69, 9.17) is 0 Å². The predicted octanol–water partition coefficient (Wildman–Crippen LogP) is 5.79. The molecule has 0 saturated carbocycles. The first-order valence-electron chi connectivity index (χ1n) is 7.14. The van der Waals surface area contributed by atoms with Gasteiger partial charge < -0.3 is 0 Å². The van der Waals surface area contributed by atoms with E-state index < -0.39 is 0 Å². The Morgan fingerprint density at radius 1 is 0.812 bits per heavy atom. The molecule has 0 unspecified atom stereocenters. The molecule has 0 aromatic rings. The molecular formula is C16H28. The number of allylic oxidation sites excluding steroid dienone is 4. The maximum absolute atomic E-state index is 2.35. The van der Waals surface area contributed by atoms with Crippen molar-refractivity contribution < 1.29 is 0 Å². The molecule has 0 heterocycles. The highest BCUT2D eigenvalue weighted by Crippen LogP contribution is 2.39. The highest BCUT2D eigenvalue weighted by Gasteiger charge is 2.19. The quantitative estimate of drug-likeness (QED) is 0.509. The van der Waals surface area contributed by atoms with Gasteiger partial charge in [-0.25, -0.2) is 0 Å². The molecule has 92 valence electrons. The van der Waals surface area contributed by atoms with Gasteiger partial charge in [-0.2, -0.15) is 0 Å². The molecule has 0 N–H and O–H groups in total. The second-order valence-electron chi connectivity index (χ2n) is 5.12. The van der Waals surface area contributed by atoms with E-state index >= 15 is 0 Å². The fraction of sp³-hybridized carbons (Fsp3) is 0.750. The molecular weight excluding hydrogens is 192 g/mol. The third-order valence-corrected chi connectivity index (χ3v) is 3.62. The largest absolute Gasteiger partial charge is 0.0658 e. The van der Waals surface area contributed by atoms with Crippen LogP contribution in [0.2, 0.25) is 0 Å². The van der Waals surface area contributed by atoms with Crippen molar-refractivity contribution in [2.45, 2.75) is 79.1 Å². The molecule has 0 fully saturated rings. The Morgan fingerprint density at radius 3 is 2.00 bits per heavy atom. The Morgan fingerprint density at radius 2 is 1.44 bits per heavy atom. The minimum absolute atomic E-state index is 1.28. The Hall–Kier alpha value is -0.520. The van der Waals surface area contributed by atoms with Crippen molar-refractivity contribution in [1.82, 2.24) is 0 Å². The van der Waals surface area contributed by atoms with E-state index in [1.807, 2.05) is 0 Å². The Kier molecular flexibility index (Phi) is 5.87. The normalized spacial score (nSPS) is 16.5. The molecule has 0 saturated heterocycles. The molecule has 1 aliphatic rings. The second-order valence-corrected chi connectivity index (χ2v) is 5.12. The molecule has 0 heteroatoms. The van der Waals surface area contributed by atoms with Crippen molar-refractivity contribution in [2.24, 2.45) is 0 Å². The van der Waals surface area contributed by atoms with Crippen LogP contribution in [0, 0.1) is 0 Å². The van der Waals surface area contributed by atoms with Crippen LogP contribution in [-0.2, 0) is 0 Å². The lowest BCUT2D eigenvalue weighted by Gasteiger charge is -2.10. The van der Waals surface area contributed by atoms with E-state index in [1.54, 1.807) is 22.3 Å². The van der Waals surface area contributed by atoms with Crippen molar-refractivity contribution in [3.05, 3.63) is 22.3 Å². The number of rotatable bonds is 7. The molecule has 0 amide bonds. The van der Waals surface area contributed by atoms with Crippen LogP contribution in [0.4, 0.5) is 0 Å². The lowest BCUT2D eigenvalue weighted by atomic mass is 9.95. The van der Waals surface area contributed by atoms with Gasteiger partial charge in [-0.15, -0.1) is 0 Å². The van der Waals surface area contributed by atoms with Crippen LogP contribution in [0.25, 0.3) is 0 Å². The summed E-state index contributed by atoms with van der Waals surface area (Å²) in [6.45, 7) is 9.25. The topological polar surface area (TPSA) is 0 Å². The van der Waals surface area contributed by atoms with E-state index in [0.29, 0.717) is 0 Å². The van der Waals surface area contributed by atoms with Crippen LogP contribution in [0.1, 0.15) is 79.1 Å². The van der Waals surface area contributed by atoms with Gasteiger partial charge in [-0.3, -0.25) is 0 Å². The average molecular weight is 220 g/mol. The van der Waals surface area contributed by atoms with Gasteiger partial charge in [0.15, 0.2) is 0 Å². The van der Waals surface area contributed by atoms with Crippen molar-refractivity contribution in [3.8, 4) is 0 Å². The summed E-state index contributed by atoms with van der Waals surface area (Å²) in [5.74, 6) is 0. The summed E-state index contributed by atoms with van der Waals surface area (Å²) in [5.41, 5.74) is 6.90. The van der Waals surface area contributed by atoms with Crippen molar-refractivity contribution in [3.63, 3.8) is 0 Å². The summed E-state index contributed by atoms with van der Waals surface area (Å²) in [6.07, 6.45) is 10.5. The summed E-state index contributed by atoms with van der Waals surface area (Å²) >= 11 is 0. The predicted molar refractivity (Wildman–Crippen MR) is 73.7 cm³/mol. The zero-order chi connectivity index (χ0) is 12.0. The Balaban J connectivity index is 2.79. The zero-order valence-corrected chi connectivity index (χ0v) is 11.7. The highest BCUT2D eigenvalue weighted by molar-refractivity contribution is 5.46. The molecule has 0 bridgehead atoms. The van der Waals surface area contributed by atoms with Gasteiger partial charge in [-0.05, 0) is 50.2 Å². The van der Waals surface area contributed by atoms with E-state index in [2.05, 4.69) is 27.7 Å². The van der Waals surface area contributed by atoms with Crippen LogP contribution in [-0.4, -0.2) is 0 Å². The fourth-order valence-electron chi connectivity index (χ4n) is 2.83. The van der Waals surface area contributed by atoms with Gasteiger partial charge >= 0.3 is 0 Å². The summed E-state index contributed by atoms with van der Waals surface area (Å²) < 4.78 is 0. The van der Waals surface area contributed by atoms with E-state index in [0.717, 1.165) is 0 Å². The summed E-state index contributed by atoms with van der Waals surface area (Å²) in [5, 5.41) is 0. The summed E-state index contributed by atoms with van der Waals surface area (Å²) in [7, 11) is 0. The molecule has 0 nitrogen and oxygen atoms in total. The molecule has 1 rings (SSSR count). The van der Waals surface area contributed by atoms with Crippen LogP contribution in [0.3, 0.4) is 0 Å². The molecule has 0 aliphatic heterocycles. The lowest BCUT2D eigenvalue weighted by molar-refractivity contribution is 0.761. The van der Waals surface area contributed by atoms with Gasteiger partial charge in [-0.1, -0.05) is 51.2 Å². The zero-order valence-electron chi connectivity index (χ0n) is 11.7. The molecule has 0 radical (unpaired) electrons. The lowest BCUT2D eigenvalue weighted by Crippen LogP contribution is -1.91. The molecule has 0 aromatic heterocycles. The van der Waals surface area contributed by atoms with E-state index in [9.17, 15) is 0 Å². The fourth-order valence-corrected chi connectivity index (χ4v) is 2.83. The maximum atomic E-state index is 2.35. The van der Waals surface area contributed by atoms with Crippen LogP contribution in [0.5, 0.6) is 0 Å². The maximum Gasteiger partial charge on any atom is -0.00994 e. The standard InChI is InChI=1S/C16H28/c1-5-8-11-14-12-13(4)15(9-6-2)16(14)10-7-3/h5-12H2,1-4H3.